The zero-order chi connectivity index (χ0) is 17.3. The van der Waals surface area contributed by atoms with E-state index in [0.29, 0.717) is 25.9 Å². The van der Waals surface area contributed by atoms with Gasteiger partial charge in [-0.1, -0.05) is 12.1 Å². The summed E-state index contributed by atoms with van der Waals surface area (Å²) >= 11 is 0. The first kappa shape index (κ1) is 20.1. The highest BCUT2D eigenvalue weighted by atomic mass is 35.5. The Kier molecular flexibility index (Phi) is 6.42. The SMILES string of the molecule is Cl.N[C@@H]1CCN(C(=O)C2CCN(S(=O)(=O)c3ccccc3F)CC2)C1. The number of halogens is 2. The Balaban J connectivity index is 0.00000225. The average Bonchev–Trinajstić information content (AvgIpc) is 3.01. The van der Waals surface area contributed by atoms with Crippen molar-refractivity contribution in [2.24, 2.45) is 11.7 Å². The van der Waals surface area contributed by atoms with Gasteiger partial charge in [0.1, 0.15) is 10.7 Å². The van der Waals surface area contributed by atoms with Crippen LogP contribution in [0.2, 0.25) is 0 Å². The number of hydrogen-bond acceptors (Lipinski definition) is 4. The van der Waals surface area contributed by atoms with Crippen LogP contribution in [-0.4, -0.2) is 55.8 Å². The smallest absolute Gasteiger partial charge is 0.245 e. The number of carbonyl (C=O) groups excluding carboxylic acids is 1. The van der Waals surface area contributed by atoms with E-state index in [2.05, 4.69) is 0 Å². The molecule has 0 unspecified atom stereocenters. The number of likely N-dealkylation sites (tertiary alicyclic amines) is 1. The lowest BCUT2D eigenvalue weighted by Gasteiger charge is -2.32. The van der Waals surface area contributed by atoms with Crippen LogP contribution in [0.25, 0.3) is 0 Å². The van der Waals surface area contributed by atoms with Gasteiger partial charge >= 0.3 is 0 Å². The van der Waals surface area contributed by atoms with Gasteiger partial charge in [-0.25, -0.2) is 12.8 Å². The molecule has 140 valence electrons. The van der Waals surface area contributed by atoms with Crippen LogP contribution in [0, 0.1) is 11.7 Å². The molecule has 0 spiro atoms. The Morgan fingerprint density at radius 1 is 1.12 bits per heavy atom. The van der Waals surface area contributed by atoms with Gasteiger partial charge in [0.15, 0.2) is 0 Å². The second-order valence-corrected chi connectivity index (χ2v) is 8.35. The maximum atomic E-state index is 13.8. The van der Waals surface area contributed by atoms with Crippen LogP contribution in [0.4, 0.5) is 4.39 Å². The largest absolute Gasteiger partial charge is 0.341 e. The number of amides is 1. The second kappa shape index (κ2) is 7.99. The molecule has 1 atom stereocenters. The molecule has 1 amide bonds. The van der Waals surface area contributed by atoms with Crippen LogP contribution in [-0.2, 0) is 14.8 Å². The maximum absolute atomic E-state index is 13.8. The van der Waals surface area contributed by atoms with Gasteiger partial charge in [-0.15, -0.1) is 12.4 Å². The minimum absolute atomic E-state index is 0. The van der Waals surface area contributed by atoms with Gasteiger partial charge in [-0.3, -0.25) is 4.79 Å². The van der Waals surface area contributed by atoms with Crippen molar-refractivity contribution in [2.75, 3.05) is 26.2 Å². The Bertz CT molecular complexity index is 723. The zero-order valence-electron chi connectivity index (χ0n) is 13.8. The molecule has 2 heterocycles. The van der Waals surface area contributed by atoms with Crippen LogP contribution in [0.3, 0.4) is 0 Å². The standard InChI is InChI=1S/C16H22FN3O3S.ClH/c17-14-3-1-2-4-15(14)24(22,23)20-9-5-12(6-10-20)16(21)19-8-7-13(18)11-19;/h1-4,12-13H,5-11,18H2;1H/t13-;/m1./s1. The Morgan fingerprint density at radius 2 is 1.76 bits per heavy atom. The summed E-state index contributed by atoms with van der Waals surface area (Å²) in [6.45, 7) is 1.71. The van der Waals surface area contributed by atoms with Crippen molar-refractivity contribution in [1.29, 1.82) is 0 Å². The molecule has 0 saturated carbocycles. The van der Waals surface area contributed by atoms with Crippen molar-refractivity contribution in [2.45, 2.75) is 30.2 Å². The fraction of sp³-hybridized carbons (Fsp3) is 0.562. The van der Waals surface area contributed by atoms with Crippen LogP contribution in [0.1, 0.15) is 19.3 Å². The first-order valence-electron chi connectivity index (χ1n) is 8.18. The molecule has 2 N–H and O–H groups in total. The minimum atomic E-state index is -3.86. The fourth-order valence-corrected chi connectivity index (χ4v) is 4.92. The maximum Gasteiger partial charge on any atom is 0.245 e. The van der Waals surface area contributed by atoms with Crippen LogP contribution in [0.15, 0.2) is 29.2 Å². The number of piperidine rings is 1. The molecule has 0 bridgehead atoms. The van der Waals surface area contributed by atoms with Crippen molar-refractivity contribution in [3.63, 3.8) is 0 Å². The summed E-state index contributed by atoms with van der Waals surface area (Å²) in [5, 5.41) is 0. The predicted octanol–water partition coefficient (Wildman–Crippen LogP) is 1.21. The van der Waals surface area contributed by atoms with Crippen LogP contribution >= 0.6 is 12.4 Å². The third kappa shape index (κ3) is 4.13. The fourth-order valence-electron chi connectivity index (χ4n) is 3.38. The monoisotopic (exact) mass is 391 g/mol. The lowest BCUT2D eigenvalue weighted by molar-refractivity contribution is -0.135. The van der Waals surface area contributed by atoms with E-state index in [1.807, 2.05) is 0 Å². The molecule has 25 heavy (non-hydrogen) atoms. The molecular weight excluding hydrogens is 369 g/mol. The first-order chi connectivity index (χ1) is 11.4. The molecule has 0 aliphatic carbocycles. The van der Waals surface area contributed by atoms with E-state index >= 15 is 0 Å². The number of carbonyl (C=O) groups is 1. The van der Waals surface area contributed by atoms with Crippen molar-refractivity contribution in [3.8, 4) is 0 Å². The van der Waals surface area contributed by atoms with E-state index < -0.39 is 15.8 Å². The molecule has 2 aliphatic heterocycles. The first-order valence-corrected chi connectivity index (χ1v) is 9.62. The van der Waals surface area contributed by atoms with Gasteiger partial charge in [0, 0.05) is 38.1 Å². The van der Waals surface area contributed by atoms with Crippen molar-refractivity contribution in [3.05, 3.63) is 30.1 Å². The molecule has 0 aromatic heterocycles. The molecular formula is C16H23ClFN3O3S. The Labute approximate surface area is 153 Å². The van der Waals surface area contributed by atoms with E-state index in [4.69, 9.17) is 5.73 Å². The number of hydrogen-bond donors (Lipinski definition) is 1. The molecule has 9 heteroatoms. The summed E-state index contributed by atoms with van der Waals surface area (Å²) in [5.41, 5.74) is 5.83. The van der Waals surface area contributed by atoms with E-state index in [1.54, 1.807) is 4.90 Å². The molecule has 1 aromatic carbocycles. The van der Waals surface area contributed by atoms with E-state index in [9.17, 15) is 17.6 Å². The van der Waals surface area contributed by atoms with Crippen LogP contribution < -0.4 is 5.73 Å². The second-order valence-electron chi connectivity index (χ2n) is 6.44. The molecule has 6 nitrogen and oxygen atoms in total. The summed E-state index contributed by atoms with van der Waals surface area (Å²) in [4.78, 5) is 13.9. The molecule has 1 aromatic rings. The normalized spacial score (nSPS) is 22.6. The number of nitrogens with two attached hydrogens (primary N) is 1. The Morgan fingerprint density at radius 3 is 2.32 bits per heavy atom. The van der Waals surface area contributed by atoms with Gasteiger partial charge in [-0.05, 0) is 31.4 Å². The third-order valence-corrected chi connectivity index (χ3v) is 6.73. The van der Waals surface area contributed by atoms with Crippen molar-refractivity contribution >= 4 is 28.3 Å². The van der Waals surface area contributed by atoms with Gasteiger partial charge in [0.25, 0.3) is 0 Å². The molecule has 2 fully saturated rings. The number of nitrogens with zero attached hydrogens (tertiary/aromatic N) is 2. The third-order valence-electron chi connectivity index (χ3n) is 4.79. The van der Waals surface area contributed by atoms with Gasteiger partial charge in [-0.2, -0.15) is 4.31 Å². The summed E-state index contributed by atoms with van der Waals surface area (Å²) in [7, 11) is -3.86. The minimum Gasteiger partial charge on any atom is -0.341 e. The van der Waals surface area contributed by atoms with Gasteiger partial charge < -0.3 is 10.6 Å². The highest BCUT2D eigenvalue weighted by Gasteiger charge is 2.36. The van der Waals surface area contributed by atoms with E-state index in [-0.39, 0.29) is 48.3 Å². The quantitative estimate of drug-likeness (QED) is 0.839. The number of benzene rings is 1. The number of sulfonamides is 1. The van der Waals surface area contributed by atoms with E-state index in [0.717, 1.165) is 12.5 Å². The summed E-state index contributed by atoms with van der Waals surface area (Å²) < 4.78 is 40.2. The van der Waals surface area contributed by atoms with E-state index in [1.165, 1.54) is 22.5 Å². The average molecular weight is 392 g/mol. The van der Waals surface area contributed by atoms with Gasteiger partial charge in [0.05, 0.1) is 0 Å². The highest BCUT2D eigenvalue weighted by molar-refractivity contribution is 7.89. The molecule has 2 saturated heterocycles. The lowest BCUT2D eigenvalue weighted by atomic mass is 9.97. The van der Waals surface area contributed by atoms with Gasteiger partial charge in [0.2, 0.25) is 15.9 Å². The zero-order valence-corrected chi connectivity index (χ0v) is 15.4. The Hall–Kier alpha value is -1.22. The molecule has 3 rings (SSSR count). The molecule has 0 radical (unpaired) electrons. The van der Waals surface area contributed by atoms with Crippen molar-refractivity contribution < 1.29 is 17.6 Å². The lowest BCUT2D eigenvalue weighted by Crippen LogP contribution is -2.44. The number of rotatable bonds is 3. The molecule has 2 aliphatic rings. The van der Waals surface area contributed by atoms with Crippen molar-refractivity contribution in [1.82, 2.24) is 9.21 Å². The predicted molar refractivity (Wildman–Crippen MR) is 94.3 cm³/mol. The highest BCUT2D eigenvalue weighted by Crippen LogP contribution is 2.27. The topological polar surface area (TPSA) is 83.7 Å². The van der Waals surface area contributed by atoms with Crippen LogP contribution in [0.5, 0.6) is 0 Å². The summed E-state index contributed by atoms with van der Waals surface area (Å²) in [5.74, 6) is -0.866. The summed E-state index contributed by atoms with van der Waals surface area (Å²) in [6, 6.07) is 5.41. The summed E-state index contributed by atoms with van der Waals surface area (Å²) in [6.07, 6.45) is 1.72.